The molecule has 6 heteroatoms. The van der Waals surface area contributed by atoms with Crippen LogP contribution in [0.1, 0.15) is 0 Å². The summed E-state index contributed by atoms with van der Waals surface area (Å²) in [5.41, 5.74) is 0.597. The number of rotatable bonds is 0. The normalized spacial score (nSPS) is 10.5. The summed E-state index contributed by atoms with van der Waals surface area (Å²) in [5.74, 6) is 0. The van der Waals surface area contributed by atoms with E-state index in [4.69, 9.17) is 11.6 Å². The first-order chi connectivity index (χ1) is 4.88. The second kappa shape index (κ2) is 1.88. The van der Waals surface area contributed by atoms with Gasteiger partial charge in [0.25, 0.3) is 0 Å². The van der Waals surface area contributed by atoms with E-state index in [1.807, 2.05) is 0 Å². The molecule has 0 aliphatic rings. The summed E-state index contributed by atoms with van der Waals surface area (Å²) in [4.78, 5) is 3.77. The Morgan fingerprint density at radius 3 is 3.20 bits per heavy atom. The standard InChI is InChI=1S/C4H2ClN5/c5-4-6-2-1-3-7-8-9-10(3)4/h1-2H. The summed E-state index contributed by atoms with van der Waals surface area (Å²) in [6.45, 7) is 0. The van der Waals surface area contributed by atoms with E-state index in [0.29, 0.717) is 5.65 Å². The number of fused-ring (bicyclic) bond motifs is 1. The smallest absolute Gasteiger partial charge is 0.226 e. The molecule has 0 radical (unpaired) electrons. The molecule has 2 aromatic heterocycles. The summed E-state index contributed by atoms with van der Waals surface area (Å²) in [5, 5.41) is 10.9. The van der Waals surface area contributed by atoms with Gasteiger partial charge in [0.1, 0.15) is 0 Å². The highest BCUT2D eigenvalue weighted by atomic mass is 35.5. The van der Waals surface area contributed by atoms with Gasteiger partial charge >= 0.3 is 0 Å². The molecule has 10 heavy (non-hydrogen) atoms. The Morgan fingerprint density at radius 1 is 1.50 bits per heavy atom. The van der Waals surface area contributed by atoms with Crippen molar-refractivity contribution in [3.05, 3.63) is 17.5 Å². The Kier molecular flexibility index (Phi) is 1.04. The van der Waals surface area contributed by atoms with Gasteiger partial charge in [0.2, 0.25) is 5.28 Å². The fourth-order valence-electron chi connectivity index (χ4n) is 0.649. The molecular weight excluding hydrogens is 154 g/mol. The van der Waals surface area contributed by atoms with Crippen molar-refractivity contribution in [2.75, 3.05) is 0 Å². The molecule has 0 spiro atoms. The maximum atomic E-state index is 5.61. The molecule has 5 nitrogen and oxygen atoms in total. The topological polar surface area (TPSA) is 56.0 Å². The molecule has 0 amide bonds. The molecular formula is C4H2ClN5. The SMILES string of the molecule is Clc1nccc2nnnn12. The number of hydrogen-bond acceptors (Lipinski definition) is 4. The molecule has 2 rings (SSSR count). The Morgan fingerprint density at radius 2 is 2.40 bits per heavy atom. The van der Waals surface area contributed by atoms with Crippen molar-refractivity contribution in [1.29, 1.82) is 0 Å². The van der Waals surface area contributed by atoms with Gasteiger partial charge in [-0.15, -0.1) is 5.10 Å². The van der Waals surface area contributed by atoms with Gasteiger partial charge in [-0.1, -0.05) is 0 Å². The highest BCUT2D eigenvalue weighted by Crippen LogP contribution is 2.02. The van der Waals surface area contributed by atoms with Gasteiger partial charge in [0.05, 0.1) is 0 Å². The van der Waals surface area contributed by atoms with Crippen LogP contribution in [0.5, 0.6) is 0 Å². The monoisotopic (exact) mass is 155 g/mol. The van der Waals surface area contributed by atoms with Crippen molar-refractivity contribution in [2.45, 2.75) is 0 Å². The summed E-state index contributed by atoms with van der Waals surface area (Å²) >= 11 is 5.61. The van der Waals surface area contributed by atoms with Gasteiger partial charge in [0, 0.05) is 12.3 Å². The third-order valence-corrected chi connectivity index (χ3v) is 1.33. The molecule has 2 heterocycles. The molecule has 0 bridgehead atoms. The number of nitrogens with zero attached hydrogens (tertiary/aromatic N) is 5. The maximum Gasteiger partial charge on any atom is 0.227 e. The Labute approximate surface area is 60.6 Å². The lowest BCUT2D eigenvalue weighted by molar-refractivity contribution is 0.810. The summed E-state index contributed by atoms with van der Waals surface area (Å²) < 4.78 is 1.35. The zero-order valence-electron chi connectivity index (χ0n) is 4.77. The second-order valence-electron chi connectivity index (χ2n) is 1.66. The largest absolute Gasteiger partial charge is 0.227 e. The van der Waals surface area contributed by atoms with E-state index in [1.54, 1.807) is 12.3 Å². The van der Waals surface area contributed by atoms with E-state index in [9.17, 15) is 0 Å². The van der Waals surface area contributed by atoms with Crippen LogP contribution in [0.2, 0.25) is 5.28 Å². The van der Waals surface area contributed by atoms with Crippen LogP contribution < -0.4 is 0 Å². The van der Waals surface area contributed by atoms with E-state index in [1.165, 1.54) is 4.52 Å². The first kappa shape index (κ1) is 5.55. The van der Waals surface area contributed by atoms with Crippen LogP contribution in [0.3, 0.4) is 0 Å². The van der Waals surface area contributed by atoms with E-state index in [2.05, 4.69) is 20.5 Å². The molecule has 0 aliphatic heterocycles. The zero-order valence-corrected chi connectivity index (χ0v) is 5.52. The van der Waals surface area contributed by atoms with Gasteiger partial charge in [-0.3, -0.25) is 0 Å². The predicted octanol–water partition coefficient (Wildman–Crippen LogP) is 0.173. The van der Waals surface area contributed by atoms with E-state index in [-0.39, 0.29) is 5.28 Å². The average Bonchev–Trinajstić information content (AvgIpc) is 2.36. The summed E-state index contributed by atoms with van der Waals surface area (Å²) in [6.07, 6.45) is 1.55. The van der Waals surface area contributed by atoms with E-state index in [0.717, 1.165) is 0 Å². The van der Waals surface area contributed by atoms with Crippen molar-refractivity contribution in [3.63, 3.8) is 0 Å². The lowest BCUT2D eigenvalue weighted by atomic mass is 10.6. The minimum absolute atomic E-state index is 0.266. The molecule has 0 atom stereocenters. The molecule has 2 aromatic rings. The maximum absolute atomic E-state index is 5.61. The molecule has 0 saturated heterocycles. The van der Waals surface area contributed by atoms with Crippen molar-refractivity contribution < 1.29 is 0 Å². The third kappa shape index (κ3) is 0.640. The third-order valence-electron chi connectivity index (χ3n) is 1.07. The Hall–Kier alpha value is -1.23. The predicted molar refractivity (Wildman–Crippen MR) is 33.6 cm³/mol. The van der Waals surface area contributed by atoms with Crippen LogP contribution in [0.25, 0.3) is 5.65 Å². The van der Waals surface area contributed by atoms with Crippen LogP contribution in [-0.4, -0.2) is 25.0 Å². The highest BCUT2D eigenvalue weighted by molar-refractivity contribution is 6.28. The quantitative estimate of drug-likeness (QED) is 0.509. The molecule has 0 unspecified atom stereocenters. The summed E-state index contributed by atoms with van der Waals surface area (Å²) in [7, 11) is 0. The van der Waals surface area contributed by atoms with Gasteiger partial charge in [0.15, 0.2) is 5.65 Å². The minimum atomic E-state index is 0.266. The van der Waals surface area contributed by atoms with Crippen LogP contribution >= 0.6 is 11.6 Å². The Balaban J connectivity index is 2.95. The van der Waals surface area contributed by atoms with Crippen molar-refractivity contribution >= 4 is 17.2 Å². The number of halogens is 1. The highest BCUT2D eigenvalue weighted by Gasteiger charge is 1.98. The molecule has 0 aliphatic carbocycles. The molecule has 0 fully saturated rings. The number of aromatic nitrogens is 5. The zero-order chi connectivity index (χ0) is 6.97. The van der Waals surface area contributed by atoms with E-state index < -0.39 is 0 Å². The number of hydrogen-bond donors (Lipinski definition) is 0. The van der Waals surface area contributed by atoms with Gasteiger partial charge in [-0.25, -0.2) is 4.98 Å². The molecule has 50 valence electrons. The molecule has 0 N–H and O–H groups in total. The van der Waals surface area contributed by atoms with Crippen LogP contribution in [0, 0.1) is 0 Å². The van der Waals surface area contributed by atoms with Crippen LogP contribution in [-0.2, 0) is 0 Å². The second-order valence-corrected chi connectivity index (χ2v) is 2.00. The minimum Gasteiger partial charge on any atom is -0.226 e. The van der Waals surface area contributed by atoms with Crippen LogP contribution in [0.15, 0.2) is 12.3 Å². The lowest BCUT2D eigenvalue weighted by Gasteiger charge is -1.88. The van der Waals surface area contributed by atoms with Gasteiger partial charge in [-0.05, 0) is 22.0 Å². The molecule has 0 aromatic carbocycles. The van der Waals surface area contributed by atoms with Crippen molar-refractivity contribution in [3.8, 4) is 0 Å². The summed E-state index contributed by atoms with van der Waals surface area (Å²) in [6, 6.07) is 1.67. The average molecular weight is 156 g/mol. The van der Waals surface area contributed by atoms with Crippen molar-refractivity contribution in [1.82, 2.24) is 25.0 Å². The number of tetrazole rings is 1. The fourth-order valence-corrected chi connectivity index (χ4v) is 0.826. The Bertz CT molecular complexity index is 355. The van der Waals surface area contributed by atoms with Crippen LogP contribution in [0.4, 0.5) is 0 Å². The van der Waals surface area contributed by atoms with E-state index >= 15 is 0 Å². The first-order valence-corrected chi connectivity index (χ1v) is 2.94. The van der Waals surface area contributed by atoms with Gasteiger partial charge in [-0.2, -0.15) is 4.52 Å². The van der Waals surface area contributed by atoms with Crippen molar-refractivity contribution in [2.24, 2.45) is 0 Å². The van der Waals surface area contributed by atoms with Gasteiger partial charge < -0.3 is 0 Å². The molecule has 0 saturated carbocycles. The fraction of sp³-hybridized carbons (Fsp3) is 0. The lowest BCUT2D eigenvalue weighted by Crippen LogP contribution is -1.90. The first-order valence-electron chi connectivity index (χ1n) is 2.56.